The summed E-state index contributed by atoms with van der Waals surface area (Å²) in [5.41, 5.74) is 0.691. The number of thiophene rings is 1. The number of amides is 1. The van der Waals surface area contributed by atoms with E-state index in [9.17, 15) is 13.2 Å². The molecule has 1 aliphatic heterocycles. The zero-order chi connectivity index (χ0) is 14.9. The summed E-state index contributed by atoms with van der Waals surface area (Å²) in [6, 6.07) is 1.81. The molecule has 1 fully saturated rings. The van der Waals surface area contributed by atoms with Gasteiger partial charge in [-0.1, -0.05) is 0 Å². The Hall–Kier alpha value is -0.440. The first-order valence-electron chi connectivity index (χ1n) is 6.25. The molecule has 1 aromatic heterocycles. The van der Waals surface area contributed by atoms with E-state index < -0.39 is 10.0 Å². The Morgan fingerprint density at radius 2 is 2.05 bits per heavy atom. The Bertz CT molecular complexity index is 592. The number of piperidine rings is 1. The molecule has 20 heavy (non-hydrogen) atoms. The summed E-state index contributed by atoms with van der Waals surface area (Å²) >= 11 is 4.84. The van der Waals surface area contributed by atoms with Gasteiger partial charge in [0.05, 0.1) is 15.6 Å². The van der Waals surface area contributed by atoms with E-state index in [1.54, 1.807) is 11.9 Å². The van der Waals surface area contributed by atoms with Crippen LogP contribution in [0.15, 0.2) is 15.2 Å². The monoisotopic (exact) mass is 380 g/mol. The van der Waals surface area contributed by atoms with Gasteiger partial charge in [0.15, 0.2) is 0 Å². The molecule has 1 amide bonds. The Labute approximate surface area is 131 Å². The highest BCUT2D eigenvalue weighted by molar-refractivity contribution is 9.11. The van der Waals surface area contributed by atoms with Crippen molar-refractivity contribution in [1.82, 2.24) is 9.21 Å². The van der Waals surface area contributed by atoms with Crippen molar-refractivity contribution >= 4 is 43.2 Å². The van der Waals surface area contributed by atoms with E-state index in [-0.39, 0.29) is 11.9 Å². The number of halogens is 1. The minimum Gasteiger partial charge on any atom is -0.339 e. The van der Waals surface area contributed by atoms with Gasteiger partial charge >= 0.3 is 0 Å². The van der Waals surface area contributed by atoms with Crippen LogP contribution in [0.4, 0.5) is 0 Å². The molecule has 112 valence electrons. The van der Waals surface area contributed by atoms with Crippen molar-refractivity contribution in [2.45, 2.75) is 18.9 Å². The fourth-order valence-corrected chi connectivity index (χ4v) is 4.19. The van der Waals surface area contributed by atoms with Crippen LogP contribution in [0.25, 0.3) is 0 Å². The van der Waals surface area contributed by atoms with Crippen LogP contribution in [0, 0.1) is 0 Å². The van der Waals surface area contributed by atoms with Crippen molar-refractivity contribution in [3.63, 3.8) is 0 Å². The van der Waals surface area contributed by atoms with E-state index in [0.717, 1.165) is 3.79 Å². The third-order valence-corrected chi connectivity index (χ3v) is 6.45. The Morgan fingerprint density at radius 3 is 2.50 bits per heavy atom. The first-order chi connectivity index (χ1) is 9.29. The predicted molar refractivity (Wildman–Crippen MR) is 83.6 cm³/mol. The van der Waals surface area contributed by atoms with Crippen LogP contribution >= 0.6 is 27.3 Å². The molecule has 8 heteroatoms. The highest BCUT2D eigenvalue weighted by Crippen LogP contribution is 2.24. The molecule has 1 aromatic rings. The van der Waals surface area contributed by atoms with Crippen LogP contribution in [0.3, 0.4) is 0 Å². The molecule has 1 aliphatic rings. The molecule has 0 bridgehead atoms. The van der Waals surface area contributed by atoms with Crippen LogP contribution in [-0.2, 0) is 10.0 Å². The SMILES string of the molecule is CN(C1CCN(C(=O)c2csc(Br)c2)CC1)S(C)(=O)=O. The molecule has 0 unspecified atom stereocenters. The molecule has 0 aliphatic carbocycles. The third-order valence-electron chi connectivity index (χ3n) is 3.60. The molecule has 2 rings (SSSR count). The summed E-state index contributed by atoms with van der Waals surface area (Å²) in [6.07, 6.45) is 2.58. The molecular weight excluding hydrogens is 364 g/mol. The minimum atomic E-state index is -3.16. The molecule has 2 heterocycles. The van der Waals surface area contributed by atoms with Crippen LogP contribution in [0.1, 0.15) is 23.2 Å². The number of sulfonamides is 1. The van der Waals surface area contributed by atoms with Gasteiger partial charge in [0.1, 0.15) is 0 Å². The topological polar surface area (TPSA) is 57.7 Å². The summed E-state index contributed by atoms with van der Waals surface area (Å²) in [5, 5.41) is 1.83. The molecule has 1 saturated heterocycles. The zero-order valence-corrected chi connectivity index (χ0v) is 14.6. The summed E-state index contributed by atoms with van der Waals surface area (Å²) in [4.78, 5) is 14.1. The molecule has 0 spiro atoms. The second-order valence-electron chi connectivity index (χ2n) is 4.94. The Balaban J connectivity index is 1.96. The average molecular weight is 381 g/mol. The molecule has 5 nitrogen and oxygen atoms in total. The van der Waals surface area contributed by atoms with Crippen LogP contribution in [0.2, 0.25) is 0 Å². The lowest BCUT2D eigenvalue weighted by Crippen LogP contribution is -2.46. The van der Waals surface area contributed by atoms with Gasteiger partial charge in [-0.2, -0.15) is 0 Å². The van der Waals surface area contributed by atoms with Crippen molar-refractivity contribution in [3.8, 4) is 0 Å². The summed E-state index contributed by atoms with van der Waals surface area (Å²) < 4.78 is 25.4. The highest BCUT2D eigenvalue weighted by atomic mass is 79.9. The second-order valence-corrected chi connectivity index (χ2v) is 9.27. The van der Waals surface area contributed by atoms with E-state index in [0.29, 0.717) is 31.5 Å². The lowest BCUT2D eigenvalue weighted by molar-refractivity contribution is 0.0687. The summed E-state index contributed by atoms with van der Waals surface area (Å²) in [6.45, 7) is 1.19. The normalized spacial score (nSPS) is 17.7. The largest absolute Gasteiger partial charge is 0.339 e. The van der Waals surface area contributed by atoms with Gasteiger partial charge < -0.3 is 4.90 Å². The van der Waals surface area contributed by atoms with Crippen LogP contribution in [0.5, 0.6) is 0 Å². The summed E-state index contributed by atoms with van der Waals surface area (Å²) in [5.74, 6) is 0.0207. The summed E-state index contributed by atoms with van der Waals surface area (Å²) in [7, 11) is -1.56. The van der Waals surface area contributed by atoms with Gasteiger partial charge in [-0.15, -0.1) is 11.3 Å². The molecule has 0 aromatic carbocycles. The number of carbonyl (C=O) groups excluding carboxylic acids is 1. The van der Waals surface area contributed by atoms with Crippen LogP contribution < -0.4 is 0 Å². The van der Waals surface area contributed by atoms with Gasteiger partial charge in [-0.25, -0.2) is 12.7 Å². The number of rotatable bonds is 3. The lowest BCUT2D eigenvalue weighted by atomic mass is 10.0. The van der Waals surface area contributed by atoms with Crippen LogP contribution in [-0.4, -0.2) is 56.0 Å². The average Bonchev–Trinajstić information content (AvgIpc) is 2.83. The van der Waals surface area contributed by atoms with E-state index in [2.05, 4.69) is 15.9 Å². The first-order valence-corrected chi connectivity index (χ1v) is 9.77. The molecular formula is C12H17BrN2O3S2. The predicted octanol–water partition coefficient (Wildman–Crippen LogP) is 2.01. The van der Waals surface area contributed by atoms with Crippen molar-refractivity contribution in [2.75, 3.05) is 26.4 Å². The number of hydrogen-bond acceptors (Lipinski definition) is 4. The molecule has 0 radical (unpaired) electrons. The van der Waals surface area contributed by atoms with E-state index >= 15 is 0 Å². The van der Waals surface area contributed by atoms with Crippen molar-refractivity contribution in [1.29, 1.82) is 0 Å². The Morgan fingerprint density at radius 1 is 1.45 bits per heavy atom. The fourth-order valence-electron chi connectivity index (χ4n) is 2.31. The van der Waals surface area contributed by atoms with Gasteiger partial charge in [0, 0.05) is 31.6 Å². The lowest BCUT2D eigenvalue weighted by Gasteiger charge is -2.35. The molecule has 0 saturated carbocycles. The first kappa shape index (κ1) is 15.9. The quantitative estimate of drug-likeness (QED) is 0.805. The van der Waals surface area contributed by atoms with Gasteiger partial charge in [-0.05, 0) is 34.8 Å². The Kier molecular flexibility index (Phi) is 4.88. The second kappa shape index (κ2) is 6.13. The number of nitrogens with zero attached hydrogens (tertiary/aromatic N) is 2. The van der Waals surface area contributed by atoms with E-state index in [1.165, 1.54) is 21.9 Å². The fraction of sp³-hybridized carbons (Fsp3) is 0.583. The maximum atomic E-state index is 12.3. The highest BCUT2D eigenvalue weighted by Gasteiger charge is 2.29. The standard InChI is InChI=1S/C12H17BrN2O3S2/c1-14(20(2,17)18)10-3-5-15(6-4-10)12(16)9-7-11(13)19-8-9/h7-8,10H,3-6H2,1-2H3. The van der Waals surface area contributed by atoms with Gasteiger partial charge in [-0.3, -0.25) is 4.79 Å². The third kappa shape index (κ3) is 3.60. The smallest absolute Gasteiger partial charge is 0.254 e. The van der Waals surface area contributed by atoms with Crippen molar-refractivity contribution < 1.29 is 13.2 Å². The molecule has 0 atom stereocenters. The number of carbonyl (C=O) groups is 1. The minimum absolute atomic E-state index is 0.0109. The number of likely N-dealkylation sites (tertiary alicyclic amines) is 1. The van der Waals surface area contributed by atoms with Gasteiger partial charge in [0.25, 0.3) is 5.91 Å². The van der Waals surface area contributed by atoms with Crippen molar-refractivity contribution in [3.05, 3.63) is 20.8 Å². The maximum absolute atomic E-state index is 12.3. The van der Waals surface area contributed by atoms with E-state index in [4.69, 9.17) is 0 Å². The molecule has 0 N–H and O–H groups in total. The van der Waals surface area contributed by atoms with Crippen molar-refractivity contribution in [2.24, 2.45) is 0 Å². The maximum Gasteiger partial charge on any atom is 0.254 e. The van der Waals surface area contributed by atoms with E-state index in [1.807, 2.05) is 11.4 Å². The number of hydrogen-bond donors (Lipinski definition) is 0. The van der Waals surface area contributed by atoms with Gasteiger partial charge in [0.2, 0.25) is 10.0 Å². The zero-order valence-electron chi connectivity index (χ0n) is 11.4.